The van der Waals surface area contributed by atoms with E-state index in [1.807, 2.05) is 0 Å². The number of carbonyl (C=O) groups excluding carboxylic acids is 1. The molecule has 0 radical (unpaired) electrons. The van der Waals surface area contributed by atoms with E-state index in [9.17, 15) is 9.59 Å². The first-order valence-electron chi connectivity index (χ1n) is 6.81. The fourth-order valence-electron chi connectivity index (χ4n) is 2.29. The molecule has 1 saturated heterocycles. The molecular weight excluding hydrogens is 244 g/mol. The van der Waals surface area contributed by atoms with Gasteiger partial charge in [0.15, 0.2) is 0 Å². The number of nitrogens with zero attached hydrogens (tertiary/aromatic N) is 1. The Bertz CT molecular complexity index is 484. The van der Waals surface area contributed by atoms with E-state index in [2.05, 4.69) is 11.9 Å². The number of rotatable bonds is 4. The Hall–Kier alpha value is -1.62. The first-order valence-corrected chi connectivity index (χ1v) is 6.81. The second-order valence-electron chi connectivity index (χ2n) is 4.81. The van der Waals surface area contributed by atoms with Gasteiger partial charge in [-0.15, -0.1) is 0 Å². The van der Waals surface area contributed by atoms with Gasteiger partial charge in [0.2, 0.25) is 5.56 Å². The minimum Gasteiger partial charge on any atom is -0.376 e. The molecular formula is C14H20N2O3. The summed E-state index contributed by atoms with van der Waals surface area (Å²) in [5.74, 6) is -0.123. The van der Waals surface area contributed by atoms with Crippen LogP contribution in [0.3, 0.4) is 0 Å². The van der Waals surface area contributed by atoms with Gasteiger partial charge in [-0.3, -0.25) is 9.59 Å². The van der Waals surface area contributed by atoms with Gasteiger partial charge in [-0.1, -0.05) is 13.0 Å². The zero-order valence-corrected chi connectivity index (χ0v) is 11.2. The highest BCUT2D eigenvalue weighted by Crippen LogP contribution is 2.15. The molecule has 1 aliphatic heterocycles. The van der Waals surface area contributed by atoms with Gasteiger partial charge in [0.05, 0.1) is 6.10 Å². The second kappa shape index (κ2) is 6.52. The first kappa shape index (κ1) is 13.8. The van der Waals surface area contributed by atoms with Crippen LogP contribution in [0.25, 0.3) is 0 Å². The Balaban J connectivity index is 2.00. The maximum atomic E-state index is 12.3. The number of carbonyl (C=O) groups is 1. The van der Waals surface area contributed by atoms with E-state index >= 15 is 0 Å². The molecule has 1 unspecified atom stereocenters. The van der Waals surface area contributed by atoms with E-state index in [0.717, 1.165) is 32.4 Å². The molecule has 1 fully saturated rings. The molecule has 0 bridgehead atoms. The topological polar surface area (TPSA) is 62.4 Å². The molecule has 0 aliphatic carbocycles. The number of hydrogen-bond donors (Lipinski definition) is 1. The van der Waals surface area contributed by atoms with Crippen molar-refractivity contribution in [3.8, 4) is 0 Å². The smallest absolute Gasteiger partial charge is 0.270 e. The fraction of sp³-hybridized carbons (Fsp3) is 0.571. The monoisotopic (exact) mass is 264 g/mol. The minimum absolute atomic E-state index is 0.119. The molecule has 1 aromatic heterocycles. The molecule has 1 aliphatic rings. The third-order valence-electron chi connectivity index (χ3n) is 3.22. The third-order valence-corrected chi connectivity index (χ3v) is 3.22. The van der Waals surface area contributed by atoms with Crippen LogP contribution in [-0.4, -0.2) is 41.6 Å². The van der Waals surface area contributed by atoms with Crippen molar-refractivity contribution in [1.29, 1.82) is 0 Å². The van der Waals surface area contributed by atoms with Gasteiger partial charge in [-0.25, -0.2) is 0 Å². The summed E-state index contributed by atoms with van der Waals surface area (Å²) in [5.41, 5.74) is 0.102. The molecule has 1 amide bonds. The SMILES string of the molecule is CCCOC1CCCN(C(=O)c2cccc(=O)[nH]2)C1. The van der Waals surface area contributed by atoms with E-state index < -0.39 is 0 Å². The molecule has 2 rings (SSSR count). The number of amides is 1. The number of pyridine rings is 1. The number of hydrogen-bond acceptors (Lipinski definition) is 3. The highest BCUT2D eigenvalue weighted by atomic mass is 16.5. The Morgan fingerprint density at radius 1 is 1.53 bits per heavy atom. The summed E-state index contributed by atoms with van der Waals surface area (Å²) >= 11 is 0. The second-order valence-corrected chi connectivity index (χ2v) is 4.81. The van der Waals surface area contributed by atoms with E-state index in [1.54, 1.807) is 17.0 Å². The van der Waals surface area contributed by atoms with Gasteiger partial charge in [0.1, 0.15) is 5.69 Å². The van der Waals surface area contributed by atoms with Gasteiger partial charge in [0, 0.05) is 25.8 Å². The minimum atomic E-state index is -0.248. The van der Waals surface area contributed by atoms with Gasteiger partial charge in [-0.05, 0) is 25.3 Å². The molecule has 0 spiro atoms. The molecule has 5 heteroatoms. The van der Waals surface area contributed by atoms with Crippen LogP contribution in [0.2, 0.25) is 0 Å². The molecule has 1 aromatic rings. The van der Waals surface area contributed by atoms with Gasteiger partial charge in [-0.2, -0.15) is 0 Å². The molecule has 5 nitrogen and oxygen atoms in total. The van der Waals surface area contributed by atoms with Gasteiger partial charge < -0.3 is 14.6 Å². The number of ether oxygens (including phenoxy) is 1. The lowest BCUT2D eigenvalue weighted by Crippen LogP contribution is -2.43. The first-order chi connectivity index (χ1) is 9.20. The van der Waals surface area contributed by atoms with Gasteiger partial charge in [0.25, 0.3) is 5.91 Å². The number of piperidine rings is 1. The van der Waals surface area contributed by atoms with E-state index in [1.165, 1.54) is 6.07 Å². The Labute approximate surface area is 112 Å². The van der Waals surface area contributed by atoms with Crippen LogP contribution < -0.4 is 5.56 Å². The lowest BCUT2D eigenvalue weighted by atomic mass is 10.1. The molecule has 1 atom stereocenters. The predicted octanol–water partition coefficient (Wildman–Crippen LogP) is 1.41. The summed E-state index contributed by atoms with van der Waals surface area (Å²) in [5, 5.41) is 0. The Morgan fingerprint density at radius 2 is 2.37 bits per heavy atom. The van der Waals surface area contributed by atoms with Crippen LogP contribution in [0.1, 0.15) is 36.7 Å². The molecule has 104 valence electrons. The summed E-state index contributed by atoms with van der Waals surface area (Å²) in [6.07, 6.45) is 3.04. The van der Waals surface area contributed by atoms with Crippen molar-refractivity contribution in [2.45, 2.75) is 32.3 Å². The van der Waals surface area contributed by atoms with Crippen molar-refractivity contribution in [3.63, 3.8) is 0 Å². The standard InChI is InChI=1S/C14H20N2O3/c1-2-9-19-11-5-4-8-16(10-11)14(18)12-6-3-7-13(17)15-12/h3,6-7,11H,2,4-5,8-10H2,1H3,(H,15,17). The number of aromatic amines is 1. The number of nitrogens with one attached hydrogen (secondary N) is 1. The van der Waals surface area contributed by atoms with Crippen LogP contribution in [0.15, 0.2) is 23.0 Å². The summed E-state index contributed by atoms with van der Waals surface area (Å²) in [6, 6.07) is 4.64. The average molecular weight is 264 g/mol. The maximum Gasteiger partial charge on any atom is 0.270 e. The van der Waals surface area contributed by atoms with Gasteiger partial charge >= 0.3 is 0 Å². The summed E-state index contributed by atoms with van der Waals surface area (Å²) < 4.78 is 5.71. The lowest BCUT2D eigenvalue weighted by molar-refractivity contribution is 0.00191. The lowest BCUT2D eigenvalue weighted by Gasteiger charge is -2.32. The summed E-state index contributed by atoms with van der Waals surface area (Å²) in [7, 11) is 0. The van der Waals surface area contributed by atoms with Crippen molar-refractivity contribution in [1.82, 2.24) is 9.88 Å². The van der Waals surface area contributed by atoms with E-state index in [4.69, 9.17) is 4.74 Å². The average Bonchev–Trinajstić information content (AvgIpc) is 2.44. The Kier molecular flexibility index (Phi) is 4.74. The van der Waals surface area contributed by atoms with Crippen LogP contribution in [-0.2, 0) is 4.74 Å². The quantitative estimate of drug-likeness (QED) is 0.894. The highest BCUT2D eigenvalue weighted by Gasteiger charge is 2.25. The summed E-state index contributed by atoms with van der Waals surface area (Å²) in [6.45, 7) is 4.13. The van der Waals surface area contributed by atoms with Crippen molar-refractivity contribution >= 4 is 5.91 Å². The van der Waals surface area contributed by atoms with Crippen molar-refractivity contribution in [3.05, 3.63) is 34.2 Å². The number of likely N-dealkylation sites (tertiary alicyclic amines) is 1. The van der Waals surface area contributed by atoms with Crippen LogP contribution in [0.4, 0.5) is 0 Å². The molecule has 0 aromatic carbocycles. The van der Waals surface area contributed by atoms with Crippen LogP contribution >= 0.6 is 0 Å². The largest absolute Gasteiger partial charge is 0.376 e. The zero-order valence-electron chi connectivity index (χ0n) is 11.2. The molecule has 1 N–H and O–H groups in total. The number of aromatic nitrogens is 1. The Morgan fingerprint density at radius 3 is 3.11 bits per heavy atom. The molecule has 2 heterocycles. The molecule has 19 heavy (non-hydrogen) atoms. The maximum absolute atomic E-state index is 12.3. The highest BCUT2D eigenvalue weighted by molar-refractivity contribution is 5.92. The van der Waals surface area contributed by atoms with Crippen molar-refractivity contribution in [2.75, 3.05) is 19.7 Å². The van der Waals surface area contributed by atoms with E-state index in [0.29, 0.717) is 12.2 Å². The molecule has 0 saturated carbocycles. The van der Waals surface area contributed by atoms with E-state index in [-0.39, 0.29) is 17.6 Å². The van der Waals surface area contributed by atoms with Crippen molar-refractivity contribution in [2.24, 2.45) is 0 Å². The zero-order chi connectivity index (χ0) is 13.7. The van der Waals surface area contributed by atoms with Crippen LogP contribution in [0, 0.1) is 0 Å². The van der Waals surface area contributed by atoms with Crippen LogP contribution in [0.5, 0.6) is 0 Å². The van der Waals surface area contributed by atoms with Crippen molar-refractivity contribution < 1.29 is 9.53 Å². The predicted molar refractivity (Wildman–Crippen MR) is 72.2 cm³/mol. The summed E-state index contributed by atoms with van der Waals surface area (Å²) in [4.78, 5) is 27.8. The number of H-pyrrole nitrogens is 1. The third kappa shape index (κ3) is 3.67. The fourth-order valence-corrected chi connectivity index (χ4v) is 2.29. The normalized spacial score (nSPS) is 19.4.